The molecule has 4 aromatic rings. The summed E-state index contributed by atoms with van der Waals surface area (Å²) in [4.78, 5) is 29.7. The molecule has 174 valence electrons. The van der Waals surface area contributed by atoms with Crippen molar-refractivity contribution >= 4 is 28.6 Å². The molecule has 0 spiro atoms. The molecule has 0 radical (unpaired) electrons. The van der Waals surface area contributed by atoms with Crippen LogP contribution < -0.4 is 5.32 Å². The number of fused-ring (bicyclic) bond motifs is 1. The monoisotopic (exact) mass is 468 g/mol. The molecule has 10 heteroatoms. The molecule has 7 nitrogen and oxygen atoms in total. The number of nitrogens with one attached hydrogen (secondary N) is 1. The number of para-hydroxylation sites is 1. The number of aryl methyl sites for hydroxylation is 1. The van der Waals surface area contributed by atoms with E-state index in [0.717, 1.165) is 17.7 Å². The van der Waals surface area contributed by atoms with Crippen molar-refractivity contribution in [3.8, 4) is 11.3 Å². The number of anilines is 1. The lowest BCUT2D eigenvalue weighted by molar-refractivity contribution is -0.137. The zero-order valence-electron chi connectivity index (χ0n) is 18.0. The molecule has 0 bridgehead atoms. The SMILES string of the molecule is CCn1ncc2c(C(=O)OCC(=O)Nc3ccccc3C(F)(F)F)cc(-c3ccccc3)nc21. The normalized spacial score (nSPS) is 11.4. The Morgan fingerprint density at radius 2 is 1.76 bits per heavy atom. The van der Waals surface area contributed by atoms with E-state index in [0.29, 0.717) is 23.3 Å². The number of carbonyl (C=O) groups is 2. The van der Waals surface area contributed by atoms with E-state index in [4.69, 9.17) is 4.74 Å². The molecular formula is C24H19F3N4O3. The van der Waals surface area contributed by atoms with E-state index in [1.165, 1.54) is 18.3 Å². The van der Waals surface area contributed by atoms with Crippen LogP contribution in [0.15, 0.2) is 66.9 Å². The highest BCUT2D eigenvalue weighted by atomic mass is 19.4. The molecule has 1 amide bonds. The van der Waals surface area contributed by atoms with Crippen LogP contribution in [0.2, 0.25) is 0 Å². The fourth-order valence-corrected chi connectivity index (χ4v) is 3.44. The number of hydrogen-bond donors (Lipinski definition) is 1. The van der Waals surface area contributed by atoms with Gasteiger partial charge in [-0.15, -0.1) is 0 Å². The Balaban J connectivity index is 1.57. The predicted octanol–water partition coefficient (Wildman–Crippen LogP) is 4.93. The minimum Gasteiger partial charge on any atom is -0.452 e. The molecule has 0 aliphatic carbocycles. The van der Waals surface area contributed by atoms with E-state index in [2.05, 4.69) is 15.4 Å². The second kappa shape index (κ2) is 9.34. The van der Waals surface area contributed by atoms with E-state index in [1.54, 1.807) is 10.7 Å². The first-order valence-corrected chi connectivity index (χ1v) is 10.3. The van der Waals surface area contributed by atoms with E-state index in [9.17, 15) is 22.8 Å². The summed E-state index contributed by atoms with van der Waals surface area (Å²) in [6, 6.07) is 15.3. The topological polar surface area (TPSA) is 86.1 Å². The third-order valence-electron chi connectivity index (χ3n) is 5.04. The number of halogens is 3. The fourth-order valence-electron chi connectivity index (χ4n) is 3.44. The molecule has 2 aromatic carbocycles. The molecular weight excluding hydrogens is 449 g/mol. The van der Waals surface area contributed by atoms with Gasteiger partial charge in [-0.05, 0) is 25.1 Å². The summed E-state index contributed by atoms with van der Waals surface area (Å²) in [5.74, 6) is -1.72. The first-order chi connectivity index (χ1) is 16.3. The number of benzene rings is 2. The van der Waals surface area contributed by atoms with Crippen LogP contribution in [0.3, 0.4) is 0 Å². The number of nitrogens with zero attached hydrogens (tertiary/aromatic N) is 3. The number of amides is 1. The van der Waals surface area contributed by atoms with Gasteiger partial charge >= 0.3 is 12.1 Å². The number of pyridine rings is 1. The Bertz CT molecular complexity index is 1350. The van der Waals surface area contributed by atoms with Gasteiger partial charge in [0, 0.05) is 12.1 Å². The number of alkyl halides is 3. The fraction of sp³-hybridized carbons (Fsp3) is 0.167. The van der Waals surface area contributed by atoms with Crippen LogP contribution in [0.4, 0.5) is 18.9 Å². The number of esters is 1. The van der Waals surface area contributed by atoms with Crippen LogP contribution in [-0.4, -0.2) is 33.2 Å². The smallest absolute Gasteiger partial charge is 0.418 e. The number of carbonyl (C=O) groups excluding carboxylic acids is 2. The highest BCUT2D eigenvalue weighted by Crippen LogP contribution is 2.34. The van der Waals surface area contributed by atoms with Gasteiger partial charge in [-0.25, -0.2) is 14.5 Å². The standard InChI is InChI=1S/C24H19F3N4O3/c1-2-31-22-17(13-28-31)16(12-20(30-22)15-8-4-3-5-9-15)23(33)34-14-21(32)29-19-11-7-6-10-18(19)24(25,26)27/h3-13H,2,14H2,1H3,(H,29,32). The van der Waals surface area contributed by atoms with Crippen LogP contribution in [0.1, 0.15) is 22.8 Å². The highest BCUT2D eigenvalue weighted by Gasteiger charge is 2.33. The van der Waals surface area contributed by atoms with E-state index in [1.807, 2.05) is 37.3 Å². The van der Waals surface area contributed by atoms with Gasteiger partial charge in [0.2, 0.25) is 0 Å². The summed E-state index contributed by atoms with van der Waals surface area (Å²) >= 11 is 0. The summed E-state index contributed by atoms with van der Waals surface area (Å²) in [6.45, 7) is 1.63. The summed E-state index contributed by atoms with van der Waals surface area (Å²) in [5, 5.41) is 6.82. The number of hydrogen-bond acceptors (Lipinski definition) is 5. The molecule has 0 saturated carbocycles. The lowest BCUT2D eigenvalue weighted by Crippen LogP contribution is -2.23. The van der Waals surface area contributed by atoms with Gasteiger partial charge in [0.1, 0.15) is 0 Å². The van der Waals surface area contributed by atoms with Crippen LogP contribution in [0.5, 0.6) is 0 Å². The highest BCUT2D eigenvalue weighted by molar-refractivity contribution is 6.04. The van der Waals surface area contributed by atoms with Crippen molar-refractivity contribution in [1.29, 1.82) is 0 Å². The summed E-state index contributed by atoms with van der Waals surface area (Å²) in [5.41, 5.74) is 0.483. The van der Waals surface area contributed by atoms with Crippen molar-refractivity contribution in [3.05, 3.63) is 78.0 Å². The first-order valence-electron chi connectivity index (χ1n) is 10.3. The first kappa shape index (κ1) is 23.0. The molecule has 0 saturated heterocycles. The predicted molar refractivity (Wildman–Crippen MR) is 119 cm³/mol. The maximum absolute atomic E-state index is 13.1. The van der Waals surface area contributed by atoms with Gasteiger partial charge in [-0.1, -0.05) is 42.5 Å². The second-order valence-corrected chi connectivity index (χ2v) is 7.29. The maximum Gasteiger partial charge on any atom is 0.418 e. The van der Waals surface area contributed by atoms with Crippen LogP contribution in [-0.2, 0) is 22.3 Å². The maximum atomic E-state index is 13.1. The van der Waals surface area contributed by atoms with Gasteiger partial charge in [0.25, 0.3) is 5.91 Å². The largest absolute Gasteiger partial charge is 0.452 e. The lowest BCUT2D eigenvalue weighted by atomic mass is 10.1. The minimum absolute atomic E-state index is 0.145. The molecule has 0 aliphatic heterocycles. The Morgan fingerprint density at radius 3 is 2.47 bits per heavy atom. The number of aromatic nitrogens is 3. The van der Waals surface area contributed by atoms with Crippen molar-refractivity contribution in [3.63, 3.8) is 0 Å². The summed E-state index contributed by atoms with van der Waals surface area (Å²) < 4.78 is 46.2. The Hall–Kier alpha value is -4.21. The van der Waals surface area contributed by atoms with Crippen molar-refractivity contribution in [2.75, 3.05) is 11.9 Å². The molecule has 0 atom stereocenters. The number of ether oxygens (including phenoxy) is 1. The molecule has 0 unspecified atom stereocenters. The van der Waals surface area contributed by atoms with Crippen LogP contribution >= 0.6 is 0 Å². The zero-order chi connectivity index (χ0) is 24.3. The van der Waals surface area contributed by atoms with Crippen molar-refractivity contribution < 1.29 is 27.5 Å². The van der Waals surface area contributed by atoms with E-state index >= 15 is 0 Å². The molecule has 2 aromatic heterocycles. The van der Waals surface area contributed by atoms with Gasteiger partial charge in [0.05, 0.1) is 34.1 Å². The summed E-state index contributed by atoms with van der Waals surface area (Å²) in [7, 11) is 0. The van der Waals surface area contributed by atoms with Crippen molar-refractivity contribution in [2.45, 2.75) is 19.6 Å². The van der Waals surface area contributed by atoms with Gasteiger partial charge < -0.3 is 10.1 Å². The number of rotatable bonds is 6. The molecule has 0 fully saturated rings. The van der Waals surface area contributed by atoms with E-state index in [-0.39, 0.29) is 5.56 Å². The zero-order valence-corrected chi connectivity index (χ0v) is 18.0. The van der Waals surface area contributed by atoms with Gasteiger partial charge in [-0.3, -0.25) is 4.79 Å². The lowest BCUT2D eigenvalue weighted by Gasteiger charge is -2.13. The van der Waals surface area contributed by atoms with E-state index < -0.39 is 35.9 Å². The quantitative estimate of drug-likeness (QED) is 0.406. The van der Waals surface area contributed by atoms with Gasteiger partial charge in [-0.2, -0.15) is 18.3 Å². The molecule has 34 heavy (non-hydrogen) atoms. The Kier molecular flexibility index (Phi) is 6.31. The van der Waals surface area contributed by atoms with Gasteiger partial charge in [0.15, 0.2) is 12.3 Å². The summed E-state index contributed by atoms with van der Waals surface area (Å²) in [6.07, 6.45) is -3.16. The second-order valence-electron chi connectivity index (χ2n) is 7.29. The van der Waals surface area contributed by atoms with Crippen molar-refractivity contribution in [2.24, 2.45) is 0 Å². The average molecular weight is 468 g/mol. The molecule has 2 heterocycles. The Morgan fingerprint density at radius 1 is 1.06 bits per heavy atom. The van der Waals surface area contributed by atoms with Crippen LogP contribution in [0, 0.1) is 0 Å². The van der Waals surface area contributed by atoms with Crippen molar-refractivity contribution in [1.82, 2.24) is 14.8 Å². The molecule has 1 N–H and O–H groups in total. The average Bonchev–Trinajstić information content (AvgIpc) is 3.25. The molecule has 4 rings (SSSR count). The minimum atomic E-state index is -4.64. The third-order valence-corrected chi connectivity index (χ3v) is 5.04. The third kappa shape index (κ3) is 4.75. The Labute approximate surface area is 192 Å². The molecule has 0 aliphatic rings. The van der Waals surface area contributed by atoms with Crippen LogP contribution in [0.25, 0.3) is 22.3 Å².